The zero-order chi connectivity index (χ0) is 13.8. The van der Waals surface area contributed by atoms with Gasteiger partial charge >= 0.3 is 0 Å². The first-order valence-electron chi connectivity index (χ1n) is 6.22. The molecule has 2 atom stereocenters. The highest BCUT2D eigenvalue weighted by atomic mass is 32.2. The summed E-state index contributed by atoms with van der Waals surface area (Å²) in [5.41, 5.74) is 1.07. The van der Waals surface area contributed by atoms with E-state index in [2.05, 4.69) is 0 Å². The predicted molar refractivity (Wildman–Crippen MR) is 74.4 cm³/mol. The standard InChI is InChI=1S/C14H16N2O2S/c1-13-11(17)16(3)14(19-13,12(18)15(13)2)9-10-7-5-4-6-8-10/h4-8H,9H2,1-3H3. The third kappa shape index (κ3) is 1.42. The van der Waals surface area contributed by atoms with Crippen LogP contribution in [0.3, 0.4) is 0 Å². The number of rotatable bonds is 2. The van der Waals surface area contributed by atoms with E-state index in [1.165, 1.54) is 11.8 Å². The lowest BCUT2D eigenvalue weighted by Gasteiger charge is -2.38. The van der Waals surface area contributed by atoms with Gasteiger partial charge in [0.15, 0.2) is 9.74 Å². The number of thioether (sulfide) groups is 1. The van der Waals surface area contributed by atoms with Crippen LogP contribution in [0.2, 0.25) is 0 Å². The van der Waals surface area contributed by atoms with Crippen molar-refractivity contribution >= 4 is 23.6 Å². The zero-order valence-corrected chi connectivity index (χ0v) is 12.0. The molecule has 1 aromatic rings. The maximum absolute atomic E-state index is 12.6. The van der Waals surface area contributed by atoms with Gasteiger partial charge in [-0.2, -0.15) is 0 Å². The minimum Gasteiger partial charge on any atom is -0.320 e. The fraction of sp³-hybridized carbons (Fsp3) is 0.429. The van der Waals surface area contributed by atoms with Gasteiger partial charge in [0.1, 0.15) is 0 Å². The van der Waals surface area contributed by atoms with E-state index in [4.69, 9.17) is 0 Å². The van der Waals surface area contributed by atoms with E-state index in [1.54, 1.807) is 23.9 Å². The molecule has 3 rings (SSSR count). The lowest BCUT2D eigenvalue weighted by Crippen LogP contribution is -2.62. The summed E-state index contributed by atoms with van der Waals surface area (Å²) in [6.07, 6.45) is 0.555. The summed E-state index contributed by atoms with van der Waals surface area (Å²) in [6.45, 7) is 1.83. The molecule has 4 nitrogen and oxygen atoms in total. The number of carbonyl (C=O) groups excluding carboxylic acids is 2. The number of fused-ring (bicyclic) bond motifs is 2. The fourth-order valence-corrected chi connectivity index (χ4v) is 4.66. The molecule has 0 radical (unpaired) electrons. The van der Waals surface area contributed by atoms with Crippen LogP contribution in [-0.4, -0.2) is 45.5 Å². The van der Waals surface area contributed by atoms with Crippen molar-refractivity contribution in [1.29, 1.82) is 0 Å². The molecule has 2 saturated heterocycles. The SMILES string of the molecule is CN1C(=O)C2(Cc3ccccc3)SC1(C)C(=O)N2C. The van der Waals surface area contributed by atoms with Crippen LogP contribution in [0.5, 0.6) is 0 Å². The Hall–Kier alpha value is -1.49. The average Bonchev–Trinajstić information content (AvgIpc) is 2.72. The molecule has 2 heterocycles. The van der Waals surface area contributed by atoms with E-state index in [9.17, 15) is 9.59 Å². The number of amides is 2. The Bertz CT molecular complexity index is 562. The van der Waals surface area contributed by atoms with Gasteiger partial charge < -0.3 is 9.80 Å². The molecular weight excluding hydrogens is 260 g/mol. The van der Waals surface area contributed by atoms with Crippen molar-refractivity contribution in [2.24, 2.45) is 0 Å². The molecule has 2 amide bonds. The second-order valence-corrected chi connectivity index (χ2v) is 6.93. The summed E-state index contributed by atoms with van der Waals surface area (Å²) in [5, 5.41) is 0. The molecule has 19 heavy (non-hydrogen) atoms. The number of hydrogen-bond donors (Lipinski definition) is 0. The molecule has 2 fully saturated rings. The molecular formula is C14H16N2O2S. The predicted octanol–water partition coefficient (Wildman–Crippen LogP) is 1.32. The highest BCUT2D eigenvalue weighted by molar-refractivity contribution is 8.04. The van der Waals surface area contributed by atoms with Gasteiger partial charge in [-0.1, -0.05) is 42.1 Å². The van der Waals surface area contributed by atoms with Gasteiger partial charge in [0, 0.05) is 20.5 Å². The van der Waals surface area contributed by atoms with Crippen LogP contribution in [0, 0.1) is 0 Å². The molecule has 0 aromatic heterocycles. The van der Waals surface area contributed by atoms with E-state index in [0.29, 0.717) is 6.42 Å². The monoisotopic (exact) mass is 276 g/mol. The van der Waals surface area contributed by atoms with Crippen LogP contribution < -0.4 is 0 Å². The topological polar surface area (TPSA) is 40.6 Å². The average molecular weight is 276 g/mol. The van der Waals surface area contributed by atoms with Crippen LogP contribution >= 0.6 is 11.8 Å². The van der Waals surface area contributed by atoms with E-state index in [1.807, 2.05) is 37.3 Å². The highest BCUT2D eigenvalue weighted by Gasteiger charge is 2.70. The van der Waals surface area contributed by atoms with Gasteiger partial charge in [-0.05, 0) is 12.5 Å². The second-order valence-electron chi connectivity index (χ2n) is 5.26. The van der Waals surface area contributed by atoms with Gasteiger partial charge in [0.2, 0.25) is 0 Å². The Morgan fingerprint density at radius 3 is 2.32 bits per heavy atom. The molecule has 0 spiro atoms. The first kappa shape index (κ1) is 12.5. The van der Waals surface area contributed by atoms with Gasteiger partial charge in [-0.15, -0.1) is 0 Å². The summed E-state index contributed by atoms with van der Waals surface area (Å²) in [4.78, 5) is 26.6. The molecule has 5 heteroatoms. The Morgan fingerprint density at radius 2 is 1.68 bits per heavy atom. The molecule has 2 aliphatic rings. The summed E-state index contributed by atoms with van der Waals surface area (Å²) in [7, 11) is 3.45. The summed E-state index contributed by atoms with van der Waals surface area (Å²) >= 11 is 1.46. The van der Waals surface area contributed by atoms with Crippen LogP contribution in [0.15, 0.2) is 30.3 Å². The van der Waals surface area contributed by atoms with Crippen molar-refractivity contribution in [1.82, 2.24) is 9.80 Å². The zero-order valence-electron chi connectivity index (χ0n) is 11.2. The largest absolute Gasteiger partial charge is 0.320 e. The minimum absolute atomic E-state index is 0.00975. The Balaban J connectivity index is 2.03. The van der Waals surface area contributed by atoms with Crippen molar-refractivity contribution in [3.8, 4) is 0 Å². The maximum Gasteiger partial charge on any atom is 0.260 e. The number of piperazine rings is 1. The number of benzene rings is 1. The summed E-state index contributed by atoms with van der Waals surface area (Å²) in [5.74, 6) is 0.0292. The Labute approximate surface area is 116 Å². The van der Waals surface area contributed by atoms with Crippen LogP contribution in [0.25, 0.3) is 0 Å². The number of likely N-dealkylation sites (N-methyl/N-ethyl adjacent to an activating group) is 2. The van der Waals surface area contributed by atoms with Crippen LogP contribution in [0.4, 0.5) is 0 Å². The molecule has 100 valence electrons. The van der Waals surface area contributed by atoms with Crippen molar-refractivity contribution in [3.63, 3.8) is 0 Å². The normalized spacial score (nSPS) is 33.4. The van der Waals surface area contributed by atoms with Crippen molar-refractivity contribution in [3.05, 3.63) is 35.9 Å². The third-order valence-corrected chi connectivity index (χ3v) is 5.95. The van der Waals surface area contributed by atoms with E-state index in [0.717, 1.165) is 5.56 Å². The highest BCUT2D eigenvalue weighted by Crippen LogP contribution is 2.57. The lowest BCUT2D eigenvalue weighted by atomic mass is 9.99. The minimum atomic E-state index is -0.776. The van der Waals surface area contributed by atoms with Gasteiger partial charge in [-0.25, -0.2) is 0 Å². The molecule has 0 aliphatic carbocycles. The van der Waals surface area contributed by atoms with E-state index < -0.39 is 9.74 Å². The van der Waals surface area contributed by atoms with Gasteiger partial charge in [0.05, 0.1) is 0 Å². The van der Waals surface area contributed by atoms with Gasteiger partial charge in [-0.3, -0.25) is 9.59 Å². The van der Waals surface area contributed by atoms with Crippen molar-refractivity contribution < 1.29 is 9.59 Å². The summed E-state index contributed by atoms with van der Waals surface area (Å²) in [6, 6.07) is 9.85. The maximum atomic E-state index is 12.6. The number of carbonyl (C=O) groups is 2. The smallest absolute Gasteiger partial charge is 0.260 e. The molecule has 1 aromatic carbocycles. The third-order valence-electron chi connectivity index (χ3n) is 4.18. The van der Waals surface area contributed by atoms with E-state index >= 15 is 0 Å². The fourth-order valence-electron chi connectivity index (χ4n) is 2.87. The second kappa shape index (κ2) is 3.76. The van der Waals surface area contributed by atoms with Crippen molar-refractivity contribution in [2.45, 2.75) is 23.1 Å². The molecule has 2 bridgehead atoms. The van der Waals surface area contributed by atoms with Crippen LogP contribution in [-0.2, 0) is 16.0 Å². The first-order valence-corrected chi connectivity index (χ1v) is 7.04. The van der Waals surface area contributed by atoms with Crippen LogP contribution in [0.1, 0.15) is 12.5 Å². The van der Waals surface area contributed by atoms with Gasteiger partial charge in [0.25, 0.3) is 11.8 Å². The molecule has 0 saturated carbocycles. The first-order chi connectivity index (χ1) is 8.92. The lowest BCUT2D eigenvalue weighted by molar-refractivity contribution is -0.157. The van der Waals surface area contributed by atoms with E-state index in [-0.39, 0.29) is 11.8 Å². The van der Waals surface area contributed by atoms with Crippen molar-refractivity contribution in [2.75, 3.05) is 14.1 Å². The quantitative estimate of drug-likeness (QED) is 0.818. The molecule has 2 aliphatic heterocycles. The molecule has 0 N–H and O–H groups in total. The number of nitrogens with zero attached hydrogens (tertiary/aromatic N) is 2. The number of hydrogen-bond acceptors (Lipinski definition) is 3. The Kier molecular flexibility index (Phi) is 2.48. The summed E-state index contributed by atoms with van der Waals surface area (Å²) < 4.78 is 0. The molecule has 2 unspecified atom stereocenters. The Morgan fingerprint density at radius 1 is 1.05 bits per heavy atom.